The molecule has 3 radical (unpaired) electrons. The normalized spacial score (nSPS) is 12.4. The molecule has 32 heteroatoms. The monoisotopic (exact) mass is 1650 g/mol. The molecule has 2 aromatic heterocycles. The second-order valence-electron chi connectivity index (χ2n) is 25.1. The predicted molar refractivity (Wildman–Crippen MR) is 433 cm³/mol. The molecule has 0 saturated heterocycles. The number of pyridine rings is 2. The quantitative estimate of drug-likeness (QED) is 0.00920. The van der Waals surface area contributed by atoms with Crippen molar-refractivity contribution in [1.82, 2.24) is 19.8 Å². The molecule has 0 bridgehead atoms. The second-order valence-corrected chi connectivity index (χ2v) is 30.4. The number of halogens is 2. The molecule has 12 rings (SSSR count). The van der Waals surface area contributed by atoms with Crippen molar-refractivity contribution in [2.45, 2.75) is 92.2 Å². The van der Waals surface area contributed by atoms with Gasteiger partial charge in [0.1, 0.15) is 57.5 Å². The van der Waals surface area contributed by atoms with E-state index < -0.39 is 101 Å². The van der Waals surface area contributed by atoms with Crippen molar-refractivity contribution in [3.8, 4) is 23.0 Å². The van der Waals surface area contributed by atoms with Gasteiger partial charge in [0.05, 0.1) is 83.2 Å². The van der Waals surface area contributed by atoms with Crippen molar-refractivity contribution in [1.29, 1.82) is 0 Å². The number of nitrogens with zero attached hydrogens (tertiary/aromatic N) is 4. The Morgan fingerprint density at radius 1 is 0.479 bits per heavy atom. The summed E-state index contributed by atoms with van der Waals surface area (Å²) in [5, 5.41) is 20.3. The summed E-state index contributed by atoms with van der Waals surface area (Å²) in [6, 6.07) is 54.4. The Morgan fingerprint density at radius 2 is 0.838 bits per heavy atom. The van der Waals surface area contributed by atoms with Crippen LogP contribution in [-0.4, -0.2) is 157 Å². The van der Waals surface area contributed by atoms with E-state index in [2.05, 4.69) is 14.7 Å². The number of esters is 1. The van der Waals surface area contributed by atoms with Gasteiger partial charge in [-0.1, -0.05) is 155 Å². The van der Waals surface area contributed by atoms with Crippen LogP contribution < -0.4 is 33.1 Å². The number of carbonyl (C=O) groups is 6. The summed E-state index contributed by atoms with van der Waals surface area (Å²) in [6.07, 6.45) is 1.68. The smallest absolute Gasteiger partial charge is 1.00 e. The van der Waals surface area contributed by atoms with Crippen molar-refractivity contribution in [3.63, 3.8) is 0 Å². The zero-order valence-corrected chi connectivity index (χ0v) is 68.6. The third-order valence-corrected chi connectivity index (χ3v) is 22.1. The van der Waals surface area contributed by atoms with Gasteiger partial charge < -0.3 is 58.6 Å². The molecule has 2 N–H and O–H groups in total. The molecular weight excluding hydrogens is 1560 g/mol. The van der Waals surface area contributed by atoms with Gasteiger partial charge in [-0.15, -0.1) is 0 Å². The number of fused-ring (bicyclic) bond motifs is 4. The minimum absolute atomic E-state index is 0. The maximum atomic E-state index is 14.4. The molecule has 10 aromatic rings. The number of carbonyl (C=O) groups excluding carboxylic acids is 5. The van der Waals surface area contributed by atoms with Crippen LogP contribution in [0.5, 0.6) is 23.0 Å². The number of aromatic hydroxyl groups is 1. The van der Waals surface area contributed by atoms with Crippen LogP contribution in [0, 0.1) is 11.6 Å². The van der Waals surface area contributed by atoms with Crippen molar-refractivity contribution in [2.75, 3.05) is 71.3 Å². The summed E-state index contributed by atoms with van der Waals surface area (Å²) in [4.78, 5) is 88.4. The van der Waals surface area contributed by atoms with Gasteiger partial charge in [-0.2, -0.15) is 0 Å². The van der Waals surface area contributed by atoms with Gasteiger partial charge in [-0.3, -0.25) is 43.5 Å². The molecule has 4 heterocycles. The molecular formula is C85H90BF2LiN4O21P3+2. The maximum absolute atomic E-state index is 14.4. The molecule has 117 heavy (non-hydrogen) atoms. The Bertz CT molecular complexity index is 4970. The van der Waals surface area contributed by atoms with Crippen molar-refractivity contribution in [2.24, 2.45) is 0 Å². The van der Waals surface area contributed by atoms with E-state index >= 15 is 0 Å². The van der Waals surface area contributed by atoms with Gasteiger partial charge in [-0.05, 0) is 137 Å². The van der Waals surface area contributed by atoms with Gasteiger partial charge >= 0.3 is 66.1 Å². The standard InChI is InChI=1S/C38H36FN2O7P.C31H21FN2O4.C9H18O5P.C7H13O5P.B.Li.H/c1-3-46-49(44,47-4-2)24-12-23-45-35-30-17-11-22-40-33(30)36(48-34(27-13-7-5-8-14-27)28-15-9-6-10-16-28)32-31(35)37(42)41(38(32)43)25-26-18-20-29(39)21-19-26;32-22-15-13-19(14-16-22)18-34-30(36)24-25(31(34)37)29(26-23(27(24)35)12-7-17-33-26)38-28(20-8-3-1-4-9-20)21-10-5-2-6-11-21;1-4-12-8(10)7-15(11)9(13-5-2)14-6-3;1-3-11-7(12-4-2)13(10)5-6(8)9;;;/h5-11,13-22,34H,3-4,12,23-25H2,1-2H3;1-17,28,35H,18H2;9H,4-7H2,1-3H3;7H,3-5H2,1-2H3;;;/q;;+1;;;+1;-1/p+1. The fourth-order valence-electron chi connectivity index (χ4n) is 12.3. The first-order chi connectivity index (χ1) is 55.6. The van der Waals surface area contributed by atoms with E-state index in [-0.39, 0.29) is 138 Å². The van der Waals surface area contributed by atoms with Crippen LogP contribution in [0.25, 0.3) is 21.8 Å². The van der Waals surface area contributed by atoms with Gasteiger partial charge in [0.15, 0.2) is 11.5 Å². The van der Waals surface area contributed by atoms with Crippen LogP contribution in [0.3, 0.4) is 0 Å². The minimum atomic E-state index is -3.33. The van der Waals surface area contributed by atoms with Gasteiger partial charge in [0.25, 0.3) is 23.6 Å². The molecule has 0 fully saturated rings. The van der Waals surface area contributed by atoms with Crippen molar-refractivity contribution in [3.05, 3.63) is 274 Å². The van der Waals surface area contributed by atoms with E-state index in [4.69, 9.17) is 47.3 Å². The molecule has 0 spiro atoms. The summed E-state index contributed by atoms with van der Waals surface area (Å²) in [5.74, 6) is -4.78. The molecule has 8 aromatic carbocycles. The van der Waals surface area contributed by atoms with Crippen LogP contribution in [0.1, 0.15) is 143 Å². The zero-order chi connectivity index (χ0) is 82.6. The number of hydrogen-bond donors (Lipinski definition) is 2. The van der Waals surface area contributed by atoms with Gasteiger partial charge in [0.2, 0.25) is 12.3 Å². The van der Waals surface area contributed by atoms with Crippen LogP contribution in [-0.2, 0) is 69.1 Å². The Balaban J connectivity index is 0.000000276. The Morgan fingerprint density at radius 3 is 1.21 bits per heavy atom. The van der Waals surface area contributed by atoms with Crippen molar-refractivity contribution >= 4 is 89.0 Å². The number of benzene rings is 8. The number of imide groups is 2. The third-order valence-electron chi connectivity index (χ3n) is 17.3. The number of aliphatic carboxylic acids is 1. The molecule has 0 aliphatic carbocycles. The fourth-order valence-corrected chi connectivity index (χ4v) is 16.1. The number of hydrogen-bond acceptors (Lipinski definition) is 22. The topological polar surface area (TPSA) is 319 Å². The third kappa shape index (κ3) is 24.7. The number of phenols is 1. The first-order valence-electron chi connectivity index (χ1n) is 37.2. The number of phenolic OH excluding ortho intramolecular Hbond substituents is 1. The average Bonchev–Trinajstić information content (AvgIpc) is 1.55. The van der Waals surface area contributed by atoms with E-state index in [1.807, 2.05) is 121 Å². The average molecular weight is 1650 g/mol. The summed E-state index contributed by atoms with van der Waals surface area (Å²) in [7, 11) is -7.19. The number of carboxylic acids is 1. The number of amides is 4. The molecule has 25 nitrogen and oxygen atoms in total. The SMILES string of the molecule is CCOC(=O)C[P+](=O)C(OCC)OCC.CCOC(OCC)[P+](=O)CC(=O)O.CCOP(=O)(CCCOc1c2c(c(OC(c3ccccc3)c3ccccc3)c3ncccc13)C(=O)N(Cc1ccc(F)cc1)C2=O)OCC.O=C1c2c(c(OC(c3ccccc3)c3ccccc3)c3ncccc3c2O)C(=O)N1Cc1ccc(F)cc1.[B].[H-].[Li+]. The molecule has 2 aliphatic heterocycles. The van der Waals surface area contributed by atoms with Crippen LogP contribution in [0.4, 0.5) is 8.78 Å². The summed E-state index contributed by atoms with van der Waals surface area (Å²) in [6.45, 7) is 14.3. The van der Waals surface area contributed by atoms with E-state index in [1.54, 1.807) is 85.1 Å². The largest absolute Gasteiger partial charge is 1.00 e. The predicted octanol–water partition coefficient (Wildman–Crippen LogP) is 14.1. The number of rotatable bonds is 36. The van der Waals surface area contributed by atoms with Crippen molar-refractivity contribution < 1.29 is 129 Å². The maximum Gasteiger partial charge on any atom is 1.00 e. The zero-order valence-electron chi connectivity index (χ0n) is 67.0. The fraction of sp³-hybridized carbons (Fsp3) is 0.294. The number of aromatic nitrogens is 2. The first-order valence-corrected chi connectivity index (χ1v) is 41.9. The van der Waals surface area contributed by atoms with Crippen LogP contribution in [0.15, 0.2) is 207 Å². The summed E-state index contributed by atoms with van der Waals surface area (Å²) >= 11 is 0. The van der Waals surface area contributed by atoms with E-state index in [9.17, 15) is 56.3 Å². The molecule has 2 atom stereocenters. The Kier molecular flexibility index (Phi) is 37.4. The molecule has 4 amide bonds. The number of carboxylic acid groups (broad SMARTS) is 1. The summed E-state index contributed by atoms with van der Waals surface area (Å²) < 4.78 is 119. The molecule has 607 valence electrons. The first kappa shape index (κ1) is 93.9. The second kappa shape index (κ2) is 46.6. The van der Waals surface area contributed by atoms with E-state index in [0.717, 1.165) is 32.1 Å². The molecule has 0 saturated carbocycles. The van der Waals surface area contributed by atoms with Crippen LogP contribution in [0.2, 0.25) is 0 Å². The molecule has 2 aliphatic rings. The molecule has 2 unspecified atom stereocenters. The van der Waals surface area contributed by atoms with Gasteiger partial charge in [0, 0.05) is 31.6 Å². The van der Waals surface area contributed by atoms with E-state index in [0.29, 0.717) is 53.8 Å². The number of ether oxygens (including phenoxy) is 8. The Labute approximate surface area is 693 Å². The van der Waals surface area contributed by atoms with Crippen LogP contribution >= 0.6 is 23.2 Å². The van der Waals surface area contributed by atoms with E-state index in [1.165, 1.54) is 48.5 Å². The minimum Gasteiger partial charge on any atom is -1.00 e. The van der Waals surface area contributed by atoms with Gasteiger partial charge in [-0.25, -0.2) is 18.4 Å². The summed E-state index contributed by atoms with van der Waals surface area (Å²) in [5.41, 5.74) is 4.98. The Hall–Kier alpha value is -10.3.